The molecule has 1 unspecified atom stereocenters. The third-order valence-electron chi connectivity index (χ3n) is 5.09. The van der Waals surface area contributed by atoms with Gasteiger partial charge in [0, 0.05) is 38.4 Å². The summed E-state index contributed by atoms with van der Waals surface area (Å²) >= 11 is 0. The molecule has 1 aliphatic rings. The van der Waals surface area contributed by atoms with Crippen LogP contribution in [0.4, 0.5) is 13.2 Å². The molecule has 0 N–H and O–H groups in total. The van der Waals surface area contributed by atoms with Crippen molar-refractivity contribution in [1.29, 1.82) is 5.26 Å². The van der Waals surface area contributed by atoms with Gasteiger partial charge in [-0.2, -0.15) is 18.4 Å². The van der Waals surface area contributed by atoms with Gasteiger partial charge in [-0.1, -0.05) is 0 Å². The highest BCUT2D eigenvalue weighted by molar-refractivity contribution is 5.44. The fourth-order valence-electron chi connectivity index (χ4n) is 3.80. The van der Waals surface area contributed by atoms with Gasteiger partial charge in [0.05, 0.1) is 17.5 Å². The number of aromatic nitrogens is 4. The van der Waals surface area contributed by atoms with Crippen molar-refractivity contribution < 1.29 is 13.2 Å². The van der Waals surface area contributed by atoms with Crippen molar-refractivity contribution in [2.24, 2.45) is 5.92 Å². The van der Waals surface area contributed by atoms with Gasteiger partial charge in [-0.25, -0.2) is 9.97 Å². The molecule has 6 nitrogen and oxygen atoms in total. The molecule has 0 aromatic carbocycles. The molecule has 0 radical (unpaired) electrons. The average Bonchev–Trinajstić information content (AvgIpc) is 3.25. The van der Waals surface area contributed by atoms with Crippen molar-refractivity contribution >= 4 is 5.65 Å². The first kappa shape index (κ1) is 18.5. The van der Waals surface area contributed by atoms with E-state index in [4.69, 9.17) is 5.26 Å². The molecule has 4 rings (SSSR count). The van der Waals surface area contributed by atoms with E-state index >= 15 is 0 Å². The second kappa shape index (κ2) is 6.95. The molecule has 0 saturated carbocycles. The molecule has 146 valence electrons. The Morgan fingerprint density at radius 1 is 1.32 bits per heavy atom. The van der Waals surface area contributed by atoms with Crippen molar-refractivity contribution in [2.75, 3.05) is 13.6 Å². The van der Waals surface area contributed by atoms with Crippen LogP contribution in [0.15, 0.2) is 30.7 Å². The Labute approximate surface area is 159 Å². The molecular formula is C19H19F3N6. The minimum Gasteiger partial charge on any atom is -0.334 e. The standard InChI is InChI=1S/C19H19F3N6/c1-26(11-15-7-24-17-4-2-13(6-23)10-28(15)17)8-14-3-5-18-25-16(19(20,21)22)12-27(18)9-14/h2,4,7,10,12,14H,3,5,8-9,11H2,1H3. The van der Waals surface area contributed by atoms with Crippen LogP contribution < -0.4 is 0 Å². The molecule has 0 aliphatic carbocycles. The van der Waals surface area contributed by atoms with Gasteiger partial charge in [0.1, 0.15) is 17.5 Å². The largest absolute Gasteiger partial charge is 0.434 e. The minimum absolute atomic E-state index is 0.252. The summed E-state index contributed by atoms with van der Waals surface area (Å²) in [6, 6.07) is 5.67. The summed E-state index contributed by atoms with van der Waals surface area (Å²) in [6.07, 6.45) is 1.64. The van der Waals surface area contributed by atoms with Gasteiger partial charge in [0.25, 0.3) is 0 Å². The predicted octanol–water partition coefficient (Wildman–Crippen LogP) is 3.12. The Kier molecular flexibility index (Phi) is 4.59. The van der Waals surface area contributed by atoms with E-state index in [0.29, 0.717) is 30.9 Å². The molecule has 0 amide bonds. The summed E-state index contributed by atoms with van der Waals surface area (Å²) in [7, 11) is 1.98. The molecule has 0 saturated heterocycles. The zero-order valence-electron chi connectivity index (χ0n) is 15.3. The number of fused-ring (bicyclic) bond motifs is 2. The summed E-state index contributed by atoms with van der Waals surface area (Å²) in [6.45, 7) is 1.93. The fraction of sp³-hybridized carbons (Fsp3) is 0.421. The van der Waals surface area contributed by atoms with Crippen LogP contribution >= 0.6 is 0 Å². The Bertz CT molecular complexity index is 1040. The molecule has 9 heteroatoms. The van der Waals surface area contributed by atoms with E-state index in [9.17, 15) is 13.2 Å². The maximum atomic E-state index is 12.9. The lowest BCUT2D eigenvalue weighted by molar-refractivity contribution is -0.141. The zero-order valence-corrected chi connectivity index (χ0v) is 15.3. The van der Waals surface area contributed by atoms with Crippen LogP contribution in [0.2, 0.25) is 0 Å². The van der Waals surface area contributed by atoms with E-state index in [1.54, 1.807) is 23.0 Å². The number of rotatable bonds is 4. The summed E-state index contributed by atoms with van der Waals surface area (Å²) in [5, 5.41) is 9.08. The number of hydrogen-bond acceptors (Lipinski definition) is 4. The fourth-order valence-corrected chi connectivity index (χ4v) is 3.80. The average molecular weight is 388 g/mol. The summed E-state index contributed by atoms with van der Waals surface area (Å²) in [5.74, 6) is 0.763. The van der Waals surface area contributed by atoms with E-state index in [2.05, 4.69) is 20.9 Å². The number of hydrogen-bond donors (Lipinski definition) is 0. The Hall–Kier alpha value is -2.86. The molecule has 0 fully saturated rings. The highest BCUT2D eigenvalue weighted by atomic mass is 19.4. The topological polar surface area (TPSA) is 62.1 Å². The Morgan fingerprint density at radius 2 is 2.14 bits per heavy atom. The lowest BCUT2D eigenvalue weighted by atomic mass is 9.99. The van der Waals surface area contributed by atoms with Crippen molar-refractivity contribution in [3.63, 3.8) is 0 Å². The van der Waals surface area contributed by atoms with Crippen LogP contribution in [0, 0.1) is 17.2 Å². The number of halogens is 3. The minimum atomic E-state index is -4.40. The number of alkyl halides is 3. The molecule has 28 heavy (non-hydrogen) atoms. The number of pyridine rings is 1. The summed E-state index contributed by atoms with van der Waals surface area (Å²) in [5.41, 5.74) is 1.50. The van der Waals surface area contributed by atoms with Gasteiger partial charge < -0.3 is 13.9 Å². The van der Waals surface area contributed by atoms with E-state index in [1.165, 1.54) is 0 Å². The van der Waals surface area contributed by atoms with Gasteiger partial charge in [0.2, 0.25) is 0 Å². The van der Waals surface area contributed by atoms with Crippen LogP contribution in [-0.2, 0) is 25.7 Å². The Balaban J connectivity index is 1.43. The smallest absolute Gasteiger partial charge is 0.334 e. The summed E-state index contributed by atoms with van der Waals surface area (Å²) < 4.78 is 42.1. The van der Waals surface area contributed by atoms with E-state index in [1.807, 2.05) is 17.5 Å². The maximum absolute atomic E-state index is 12.9. The lowest BCUT2D eigenvalue weighted by Crippen LogP contribution is -2.31. The van der Waals surface area contributed by atoms with Crippen LogP contribution in [0.25, 0.3) is 5.65 Å². The number of nitrogens with zero attached hydrogens (tertiary/aromatic N) is 6. The first-order valence-electron chi connectivity index (χ1n) is 9.01. The number of aryl methyl sites for hydroxylation is 1. The second-order valence-corrected chi connectivity index (χ2v) is 7.30. The molecule has 3 aromatic heterocycles. The molecule has 1 atom stereocenters. The van der Waals surface area contributed by atoms with E-state index < -0.39 is 11.9 Å². The molecular weight excluding hydrogens is 369 g/mol. The SMILES string of the molecule is CN(Cc1cnc2ccc(C#N)cn12)CC1CCc2nc(C(F)(F)F)cn2C1. The van der Waals surface area contributed by atoms with Gasteiger partial charge in [-0.3, -0.25) is 0 Å². The summed E-state index contributed by atoms with van der Waals surface area (Å²) in [4.78, 5) is 10.2. The van der Waals surface area contributed by atoms with Gasteiger partial charge in [0.15, 0.2) is 5.69 Å². The van der Waals surface area contributed by atoms with E-state index in [-0.39, 0.29) is 5.92 Å². The molecule has 0 spiro atoms. The molecule has 3 aromatic rings. The Morgan fingerprint density at radius 3 is 2.89 bits per heavy atom. The number of nitriles is 1. The first-order chi connectivity index (χ1) is 13.3. The normalized spacial score (nSPS) is 17.1. The quantitative estimate of drug-likeness (QED) is 0.689. The highest BCUT2D eigenvalue weighted by Crippen LogP contribution is 2.30. The zero-order chi connectivity index (χ0) is 19.9. The van der Waals surface area contributed by atoms with E-state index in [0.717, 1.165) is 30.5 Å². The molecule has 1 aliphatic heterocycles. The van der Waals surface area contributed by atoms with Gasteiger partial charge in [-0.15, -0.1) is 0 Å². The van der Waals surface area contributed by atoms with Crippen molar-refractivity contribution in [3.8, 4) is 6.07 Å². The first-order valence-corrected chi connectivity index (χ1v) is 9.01. The van der Waals surface area contributed by atoms with Gasteiger partial charge >= 0.3 is 6.18 Å². The highest BCUT2D eigenvalue weighted by Gasteiger charge is 2.35. The maximum Gasteiger partial charge on any atom is 0.434 e. The predicted molar refractivity (Wildman–Crippen MR) is 95.3 cm³/mol. The monoisotopic (exact) mass is 388 g/mol. The van der Waals surface area contributed by atoms with Crippen LogP contribution in [0.5, 0.6) is 0 Å². The van der Waals surface area contributed by atoms with Crippen molar-refractivity contribution in [3.05, 3.63) is 53.5 Å². The van der Waals surface area contributed by atoms with Crippen molar-refractivity contribution in [1.82, 2.24) is 23.8 Å². The van der Waals surface area contributed by atoms with Crippen LogP contribution in [0.1, 0.15) is 29.2 Å². The molecule has 0 bridgehead atoms. The van der Waals surface area contributed by atoms with Gasteiger partial charge in [-0.05, 0) is 31.5 Å². The number of imidazole rings is 2. The van der Waals surface area contributed by atoms with Crippen LogP contribution in [0.3, 0.4) is 0 Å². The van der Waals surface area contributed by atoms with Crippen molar-refractivity contribution in [2.45, 2.75) is 32.1 Å². The van der Waals surface area contributed by atoms with Crippen LogP contribution in [-0.4, -0.2) is 37.4 Å². The molecule has 4 heterocycles. The third-order valence-corrected chi connectivity index (χ3v) is 5.09. The second-order valence-electron chi connectivity index (χ2n) is 7.30. The third kappa shape index (κ3) is 3.60. The lowest BCUT2D eigenvalue weighted by Gasteiger charge is -2.28.